The molecule has 0 aromatic carbocycles. The summed E-state index contributed by atoms with van der Waals surface area (Å²) in [6, 6.07) is 0. The molecule has 6 nitrogen and oxygen atoms in total. The number of hydrogen-bond acceptors (Lipinski definition) is 4. The summed E-state index contributed by atoms with van der Waals surface area (Å²) in [7, 11) is -0.483. The zero-order chi connectivity index (χ0) is 10.9. The van der Waals surface area contributed by atoms with Crippen LogP contribution in [0.5, 0.6) is 0 Å². The number of rotatable bonds is 3. The molecule has 78 valence electrons. The third-order valence-electron chi connectivity index (χ3n) is 1.50. The predicted molar refractivity (Wildman–Crippen MR) is 50.6 cm³/mol. The van der Waals surface area contributed by atoms with Crippen molar-refractivity contribution in [2.75, 3.05) is 20.6 Å². The molecular weight excluding hydrogens is 208 g/mol. The van der Waals surface area contributed by atoms with Crippen molar-refractivity contribution in [2.45, 2.75) is 0 Å². The Hall–Kier alpha value is -1.21. The van der Waals surface area contributed by atoms with Crippen LogP contribution in [0.15, 0.2) is 15.4 Å². The molecule has 0 unspecified atom stereocenters. The lowest BCUT2D eigenvalue weighted by Crippen LogP contribution is -2.19. The summed E-state index contributed by atoms with van der Waals surface area (Å²) in [5.74, 6) is -1.47. The van der Waals surface area contributed by atoms with E-state index in [1.807, 2.05) is 0 Å². The van der Waals surface area contributed by atoms with Crippen molar-refractivity contribution < 1.29 is 18.3 Å². The average Bonchev–Trinajstić information content (AvgIpc) is 2.23. The maximum Gasteiger partial charge on any atom is 0.349 e. The monoisotopic (exact) mass is 218 g/mol. The quantitative estimate of drug-likeness (QED) is 0.677. The molecular formula is C7H10N2O4S. The molecule has 0 saturated heterocycles. The first kappa shape index (κ1) is 10.9. The van der Waals surface area contributed by atoms with Crippen LogP contribution in [0.1, 0.15) is 0 Å². The zero-order valence-electron chi connectivity index (χ0n) is 7.76. The van der Waals surface area contributed by atoms with Crippen molar-refractivity contribution in [3.05, 3.63) is 11.0 Å². The van der Waals surface area contributed by atoms with E-state index in [1.54, 1.807) is 19.0 Å². The Bertz CT molecular complexity index is 419. The van der Waals surface area contributed by atoms with Crippen molar-refractivity contribution >= 4 is 21.7 Å². The molecule has 7 heteroatoms. The van der Waals surface area contributed by atoms with Crippen molar-refractivity contribution in [2.24, 2.45) is 4.40 Å². The van der Waals surface area contributed by atoms with Gasteiger partial charge in [0.15, 0.2) is 4.91 Å². The second-order valence-electron chi connectivity index (χ2n) is 3.11. The average molecular weight is 218 g/mol. The summed E-state index contributed by atoms with van der Waals surface area (Å²) in [6.45, 7) is 0.302. The van der Waals surface area contributed by atoms with Gasteiger partial charge in [-0.15, -0.1) is 0 Å². The predicted octanol–water partition coefficient (Wildman–Crippen LogP) is -0.699. The number of hydrogen-bond donors (Lipinski definition) is 1. The van der Waals surface area contributed by atoms with Crippen molar-refractivity contribution in [1.29, 1.82) is 0 Å². The van der Waals surface area contributed by atoms with Gasteiger partial charge in [0.2, 0.25) is 0 Å². The van der Waals surface area contributed by atoms with Crippen LogP contribution in [-0.2, 0) is 14.8 Å². The van der Waals surface area contributed by atoms with Crippen LogP contribution in [0.4, 0.5) is 0 Å². The van der Waals surface area contributed by atoms with Gasteiger partial charge >= 0.3 is 5.97 Å². The van der Waals surface area contributed by atoms with Crippen LogP contribution < -0.4 is 0 Å². The molecule has 0 radical (unpaired) electrons. The minimum atomic E-state index is -3.96. The zero-order valence-corrected chi connectivity index (χ0v) is 8.58. The van der Waals surface area contributed by atoms with Gasteiger partial charge in [-0.3, -0.25) is 0 Å². The van der Waals surface area contributed by atoms with E-state index in [2.05, 4.69) is 4.40 Å². The highest BCUT2D eigenvalue weighted by Crippen LogP contribution is 2.16. The first-order valence-electron chi connectivity index (χ1n) is 3.76. The molecule has 0 aromatic rings. The Morgan fingerprint density at radius 3 is 2.50 bits per heavy atom. The van der Waals surface area contributed by atoms with Crippen LogP contribution in [0.25, 0.3) is 0 Å². The lowest BCUT2D eigenvalue weighted by molar-refractivity contribution is -0.131. The highest BCUT2D eigenvalue weighted by Gasteiger charge is 2.30. The standard InChI is InChI=1S/C7H10N2O4S/c1-9(2)4-5-3-6(7(10)11)14(12,13)8-5/h3H,4H2,1-2H3,(H,10,11). The molecule has 0 saturated carbocycles. The third kappa shape index (κ3) is 2.18. The smallest absolute Gasteiger partial charge is 0.349 e. The van der Waals surface area contributed by atoms with E-state index in [0.29, 0.717) is 6.54 Å². The fourth-order valence-electron chi connectivity index (χ4n) is 1.03. The fourth-order valence-corrected chi connectivity index (χ4v) is 2.05. The number of aliphatic carboxylic acids is 1. The molecule has 0 aromatic heterocycles. The lowest BCUT2D eigenvalue weighted by atomic mass is 10.3. The highest BCUT2D eigenvalue weighted by atomic mass is 32.2. The third-order valence-corrected chi connectivity index (χ3v) is 2.83. The van der Waals surface area contributed by atoms with Crippen LogP contribution in [0, 0.1) is 0 Å². The van der Waals surface area contributed by atoms with E-state index in [0.717, 1.165) is 6.08 Å². The van der Waals surface area contributed by atoms with E-state index in [-0.39, 0.29) is 5.71 Å². The Labute approximate surface area is 81.6 Å². The second-order valence-corrected chi connectivity index (χ2v) is 4.68. The summed E-state index contributed by atoms with van der Waals surface area (Å²) >= 11 is 0. The number of carboxylic acids is 1. The number of carboxylic acid groups (broad SMARTS) is 1. The van der Waals surface area contributed by atoms with Gasteiger partial charge in [-0.2, -0.15) is 12.8 Å². The van der Waals surface area contributed by atoms with Gasteiger partial charge in [0, 0.05) is 6.54 Å². The number of nitrogens with zero attached hydrogens (tertiary/aromatic N) is 2. The van der Waals surface area contributed by atoms with Gasteiger partial charge in [0.05, 0.1) is 5.71 Å². The molecule has 1 aliphatic heterocycles. The molecule has 1 aliphatic rings. The van der Waals surface area contributed by atoms with Crippen LogP contribution in [-0.4, -0.2) is 50.7 Å². The van der Waals surface area contributed by atoms with Gasteiger partial charge in [-0.25, -0.2) is 4.79 Å². The fraction of sp³-hybridized carbons (Fsp3) is 0.429. The van der Waals surface area contributed by atoms with Crippen LogP contribution in [0.3, 0.4) is 0 Å². The Kier molecular flexibility index (Phi) is 2.72. The maximum atomic E-state index is 11.1. The molecule has 1 heterocycles. The molecule has 0 bridgehead atoms. The second kappa shape index (κ2) is 3.50. The van der Waals surface area contributed by atoms with E-state index >= 15 is 0 Å². The summed E-state index contributed by atoms with van der Waals surface area (Å²) in [5, 5.41) is 8.57. The minimum Gasteiger partial charge on any atom is -0.477 e. The summed E-state index contributed by atoms with van der Waals surface area (Å²) in [4.78, 5) is 11.6. The highest BCUT2D eigenvalue weighted by molar-refractivity contribution is 7.95. The SMILES string of the molecule is CN(C)CC1=NS(=O)(=O)C(C(=O)O)=C1. The largest absolute Gasteiger partial charge is 0.477 e. The van der Waals surface area contributed by atoms with Gasteiger partial charge in [-0.05, 0) is 20.2 Å². The molecule has 0 amide bonds. The van der Waals surface area contributed by atoms with Gasteiger partial charge in [0.1, 0.15) is 0 Å². The molecule has 0 fully saturated rings. The molecule has 1 rings (SSSR count). The van der Waals surface area contributed by atoms with Gasteiger partial charge in [0.25, 0.3) is 10.0 Å². The lowest BCUT2D eigenvalue weighted by Gasteiger charge is -2.05. The normalized spacial score (nSPS) is 19.4. The molecule has 1 N–H and O–H groups in total. The van der Waals surface area contributed by atoms with Crippen molar-refractivity contribution in [1.82, 2.24) is 4.90 Å². The van der Waals surface area contributed by atoms with Crippen molar-refractivity contribution in [3.8, 4) is 0 Å². The number of carbonyl (C=O) groups is 1. The van der Waals surface area contributed by atoms with E-state index in [9.17, 15) is 13.2 Å². The minimum absolute atomic E-state index is 0.243. The number of sulfonamides is 1. The van der Waals surface area contributed by atoms with Gasteiger partial charge < -0.3 is 10.0 Å². The van der Waals surface area contributed by atoms with Crippen molar-refractivity contribution in [3.63, 3.8) is 0 Å². The van der Waals surface area contributed by atoms with E-state index in [1.165, 1.54) is 0 Å². The molecule has 0 spiro atoms. The molecule has 0 atom stereocenters. The van der Waals surface area contributed by atoms with E-state index < -0.39 is 20.9 Å². The van der Waals surface area contributed by atoms with Crippen LogP contribution in [0.2, 0.25) is 0 Å². The van der Waals surface area contributed by atoms with Crippen LogP contribution >= 0.6 is 0 Å². The summed E-state index contributed by atoms with van der Waals surface area (Å²) < 4.78 is 25.6. The van der Waals surface area contributed by atoms with E-state index in [4.69, 9.17) is 5.11 Å². The first-order chi connectivity index (χ1) is 6.33. The molecule has 0 aliphatic carbocycles. The summed E-state index contributed by atoms with van der Waals surface area (Å²) in [5.41, 5.74) is 0.243. The first-order valence-corrected chi connectivity index (χ1v) is 5.20. The Balaban J connectivity index is 3.01. The molecule has 14 heavy (non-hydrogen) atoms. The Morgan fingerprint density at radius 2 is 2.14 bits per heavy atom. The summed E-state index contributed by atoms with van der Waals surface area (Å²) in [6.07, 6.45) is 1.08. The topological polar surface area (TPSA) is 87.0 Å². The van der Waals surface area contributed by atoms with Gasteiger partial charge in [-0.1, -0.05) is 0 Å². The maximum absolute atomic E-state index is 11.1. The Morgan fingerprint density at radius 1 is 1.57 bits per heavy atom.